The topological polar surface area (TPSA) is 66.8 Å². The second-order valence-electron chi connectivity index (χ2n) is 6.47. The van der Waals surface area contributed by atoms with E-state index in [0.29, 0.717) is 35.6 Å². The van der Waals surface area contributed by atoms with E-state index in [9.17, 15) is 9.59 Å². The highest BCUT2D eigenvalue weighted by atomic mass is 35.5. The predicted molar refractivity (Wildman–Crippen MR) is 111 cm³/mol. The Morgan fingerprint density at radius 2 is 1.41 bits per heavy atom. The molecule has 0 atom stereocenters. The SMILES string of the molecule is O=C(O)Cc1ccc(Oc2ccc(C(=O)N(Cl)CCc3ccccc3)cc2)cc1. The number of rotatable bonds is 8. The number of nitrogens with zero attached hydrogens (tertiary/aromatic N) is 1. The van der Waals surface area contributed by atoms with Crippen LogP contribution in [0.1, 0.15) is 21.5 Å². The van der Waals surface area contributed by atoms with Crippen molar-refractivity contribution in [3.8, 4) is 11.5 Å². The summed E-state index contributed by atoms with van der Waals surface area (Å²) in [7, 11) is 0. The molecule has 5 nitrogen and oxygen atoms in total. The first-order chi connectivity index (χ1) is 14.0. The van der Waals surface area contributed by atoms with E-state index >= 15 is 0 Å². The highest BCUT2D eigenvalue weighted by molar-refractivity contribution is 6.24. The lowest BCUT2D eigenvalue weighted by molar-refractivity contribution is -0.136. The average molecular weight is 410 g/mol. The summed E-state index contributed by atoms with van der Waals surface area (Å²) >= 11 is 6.15. The Hall–Kier alpha value is -3.31. The first-order valence-electron chi connectivity index (χ1n) is 9.11. The van der Waals surface area contributed by atoms with Crippen molar-refractivity contribution in [1.29, 1.82) is 0 Å². The molecular formula is C23H20ClNO4. The minimum atomic E-state index is -0.879. The Labute approximate surface area is 174 Å². The van der Waals surface area contributed by atoms with Gasteiger partial charge in [-0.05, 0) is 53.9 Å². The first-order valence-corrected chi connectivity index (χ1v) is 9.45. The molecule has 0 spiro atoms. The van der Waals surface area contributed by atoms with E-state index in [1.54, 1.807) is 48.5 Å². The summed E-state index contributed by atoms with van der Waals surface area (Å²) in [6.45, 7) is 0.408. The highest BCUT2D eigenvalue weighted by Gasteiger charge is 2.14. The van der Waals surface area contributed by atoms with Gasteiger partial charge >= 0.3 is 5.97 Å². The third kappa shape index (κ3) is 6.09. The van der Waals surface area contributed by atoms with E-state index < -0.39 is 5.97 Å². The number of carbonyl (C=O) groups is 2. The molecule has 0 unspecified atom stereocenters. The minimum Gasteiger partial charge on any atom is -0.481 e. The second kappa shape index (κ2) is 9.75. The van der Waals surface area contributed by atoms with Crippen LogP contribution in [-0.4, -0.2) is 27.9 Å². The molecule has 3 aromatic rings. The lowest BCUT2D eigenvalue weighted by Gasteiger charge is -2.14. The molecule has 29 heavy (non-hydrogen) atoms. The number of carboxylic acids is 1. The lowest BCUT2D eigenvalue weighted by atomic mass is 10.1. The standard InChI is InChI=1S/C23H20ClNO4/c24-25(15-14-17-4-2-1-3-5-17)23(28)19-8-12-21(13-9-19)29-20-10-6-18(7-11-20)16-22(26)27/h1-13H,14-16H2,(H,26,27). The van der Waals surface area contributed by atoms with Gasteiger partial charge in [0.05, 0.1) is 6.42 Å². The fourth-order valence-electron chi connectivity index (χ4n) is 2.77. The zero-order valence-corrected chi connectivity index (χ0v) is 16.4. The van der Waals surface area contributed by atoms with Gasteiger partial charge in [-0.15, -0.1) is 0 Å². The Bertz CT molecular complexity index is 956. The van der Waals surface area contributed by atoms with E-state index in [0.717, 1.165) is 5.56 Å². The van der Waals surface area contributed by atoms with Crippen LogP contribution < -0.4 is 4.74 Å². The zero-order valence-electron chi connectivity index (χ0n) is 15.6. The quantitative estimate of drug-likeness (QED) is 0.535. The van der Waals surface area contributed by atoms with Gasteiger partial charge in [0.1, 0.15) is 11.5 Å². The van der Waals surface area contributed by atoms with Gasteiger partial charge < -0.3 is 9.84 Å². The maximum Gasteiger partial charge on any atom is 0.307 e. The van der Waals surface area contributed by atoms with E-state index in [-0.39, 0.29) is 12.3 Å². The third-order valence-electron chi connectivity index (χ3n) is 4.28. The van der Waals surface area contributed by atoms with Gasteiger partial charge in [-0.25, -0.2) is 0 Å². The summed E-state index contributed by atoms with van der Waals surface area (Å²) in [6.07, 6.45) is 0.644. The zero-order chi connectivity index (χ0) is 20.6. The van der Waals surface area contributed by atoms with Crippen molar-refractivity contribution in [2.75, 3.05) is 6.54 Å². The summed E-state index contributed by atoms with van der Waals surface area (Å²) in [5.74, 6) is 0.00110. The lowest BCUT2D eigenvalue weighted by Crippen LogP contribution is -2.23. The largest absolute Gasteiger partial charge is 0.481 e. The number of aliphatic carboxylic acids is 1. The van der Waals surface area contributed by atoms with Crippen LogP contribution in [0.4, 0.5) is 0 Å². The van der Waals surface area contributed by atoms with Crippen LogP contribution in [0.3, 0.4) is 0 Å². The Morgan fingerprint density at radius 1 is 0.828 bits per heavy atom. The van der Waals surface area contributed by atoms with E-state index in [1.807, 2.05) is 30.3 Å². The third-order valence-corrected chi connectivity index (χ3v) is 4.60. The number of hydrogen-bond acceptors (Lipinski definition) is 3. The van der Waals surface area contributed by atoms with E-state index in [2.05, 4.69) is 0 Å². The minimum absolute atomic E-state index is 0.0315. The molecule has 3 aromatic carbocycles. The molecule has 0 heterocycles. The predicted octanol–water partition coefficient (Wildman–Crippen LogP) is 4.94. The van der Waals surface area contributed by atoms with Crippen LogP contribution >= 0.6 is 11.8 Å². The molecule has 148 valence electrons. The summed E-state index contributed by atoms with van der Waals surface area (Å²) in [6, 6.07) is 23.4. The van der Waals surface area contributed by atoms with Crippen LogP contribution in [0.2, 0.25) is 0 Å². The molecule has 0 aromatic heterocycles. The molecule has 0 saturated carbocycles. The molecule has 0 fully saturated rings. The maximum absolute atomic E-state index is 12.5. The molecule has 6 heteroatoms. The van der Waals surface area contributed by atoms with Gasteiger partial charge in [0, 0.05) is 23.9 Å². The van der Waals surface area contributed by atoms with E-state index in [1.165, 1.54) is 4.42 Å². The molecular weight excluding hydrogens is 390 g/mol. The van der Waals surface area contributed by atoms with Crippen LogP contribution in [-0.2, 0) is 17.6 Å². The fraction of sp³-hybridized carbons (Fsp3) is 0.130. The molecule has 0 saturated heterocycles. The normalized spacial score (nSPS) is 10.4. The summed E-state index contributed by atoms with van der Waals surface area (Å²) in [5.41, 5.74) is 2.28. The molecule has 3 rings (SSSR count). The number of hydrogen-bond donors (Lipinski definition) is 1. The smallest absolute Gasteiger partial charge is 0.307 e. The summed E-state index contributed by atoms with van der Waals surface area (Å²) in [4.78, 5) is 23.2. The van der Waals surface area contributed by atoms with Gasteiger partial charge in [0.25, 0.3) is 5.91 Å². The van der Waals surface area contributed by atoms with Crippen molar-refractivity contribution in [3.05, 3.63) is 95.6 Å². The van der Waals surface area contributed by atoms with Gasteiger partial charge in [-0.1, -0.05) is 42.5 Å². The Morgan fingerprint density at radius 3 is 2.00 bits per heavy atom. The Kier molecular flexibility index (Phi) is 6.87. The molecule has 0 aliphatic rings. The van der Waals surface area contributed by atoms with Crippen molar-refractivity contribution in [2.24, 2.45) is 0 Å². The first kappa shape index (κ1) is 20.4. The van der Waals surface area contributed by atoms with Crippen molar-refractivity contribution in [1.82, 2.24) is 4.42 Å². The molecule has 0 aliphatic carbocycles. The van der Waals surface area contributed by atoms with Crippen LogP contribution in [0.5, 0.6) is 11.5 Å². The van der Waals surface area contributed by atoms with Crippen LogP contribution in [0.15, 0.2) is 78.9 Å². The summed E-state index contributed by atoms with van der Waals surface area (Å²) in [5, 5.41) is 8.80. The monoisotopic (exact) mass is 409 g/mol. The number of amides is 1. The number of carbonyl (C=O) groups excluding carboxylic acids is 1. The molecule has 0 radical (unpaired) electrons. The van der Waals surface area contributed by atoms with Crippen molar-refractivity contribution in [3.63, 3.8) is 0 Å². The van der Waals surface area contributed by atoms with Crippen molar-refractivity contribution < 1.29 is 19.4 Å². The van der Waals surface area contributed by atoms with E-state index in [4.69, 9.17) is 21.6 Å². The second-order valence-corrected chi connectivity index (χ2v) is 6.88. The Balaban J connectivity index is 1.56. The number of ether oxygens (including phenoxy) is 1. The van der Waals surface area contributed by atoms with Crippen molar-refractivity contribution in [2.45, 2.75) is 12.8 Å². The fourth-order valence-corrected chi connectivity index (χ4v) is 2.95. The maximum atomic E-state index is 12.5. The number of carboxylic acid groups (broad SMARTS) is 1. The van der Waals surface area contributed by atoms with Gasteiger partial charge in [-0.3, -0.25) is 14.0 Å². The molecule has 1 N–H and O–H groups in total. The molecule has 0 bridgehead atoms. The highest BCUT2D eigenvalue weighted by Crippen LogP contribution is 2.23. The average Bonchev–Trinajstić information content (AvgIpc) is 2.74. The van der Waals surface area contributed by atoms with Crippen LogP contribution in [0, 0.1) is 0 Å². The van der Waals surface area contributed by atoms with Crippen LogP contribution in [0.25, 0.3) is 0 Å². The van der Waals surface area contributed by atoms with Crippen molar-refractivity contribution >= 4 is 23.7 Å². The number of benzene rings is 3. The molecule has 1 amide bonds. The van der Waals surface area contributed by atoms with Gasteiger partial charge in [0.2, 0.25) is 0 Å². The van der Waals surface area contributed by atoms with Gasteiger partial charge in [-0.2, -0.15) is 0 Å². The molecule has 0 aliphatic heterocycles. The number of halogens is 1. The van der Waals surface area contributed by atoms with Gasteiger partial charge in [0.15, 0.2) is 0 Å². The summed E-state index contributed by atoms with van der Waals surface area (Å²) < 4.78 is 6.92.